The smallest absolute Gasteiger partial charge is 0.291 e. The Hall–Kier alpha value is -2.99. The maximum atomic E-state index is 13.9. The van der Waals surface area contributed by atoms with E-state index in [1.807, 2.05) is 0 Å². The first kappa shape index (κ1) is 22.8. The normalized spacial score (nSPS) is 15.1. The number of carbonyl (C=O) groups is 1. The third kappa shape index (κ3) is 4.27. The van der Waals surface area contributed by atoms with Gasteiger partial charge in [-0.3, -0.25) is 9.78 Å². The first-order valence-electron chi connectivity index (χ1n) is 10.2. The van der Waals surface area contributed by atoms with Gasteiger partial charge in [0.2, 0.25) is 5.82 Å². The molecule has 0 spiro atoms. The third-order valence-electron chi connectivity index (χ3n) is 5.51. The van der Waals surface area contributed by atoms with E-state index >= 15 is 0 Å². The quantitative estimate of drug-likeness (QED) is 0.409. The van der Waals surface area contributed by atoms with Crippen LogP contribution >= 0.6 is 22.9 Å². The van der Waals surface area contributed by atoms with Crippen molar-refractivity contribution in [1.82, 2.24) is 24.2 Å². The van der Waals surface area contributed by atoms with Gasteiger partial charge in [0.1, 0.15) is 10.0 Å². The zero-order chi connectivity index (χ0) is 23.9. The molecule has 0 bridgehead atoms. The number of carbonyl (C=O) groups excluding carboxylic acids is 1. The van der Waals surface area contributed by atoms with Crippen LogP contribution in [0.15, 0.2) is 59.3 Å². The molecule has 174 valence electrons. The van der Waals surface area contributed by atoms with Crippen molar-refractivity contribution in [3.8, 4) is 11.1 Å². The van der Waals surface area contributed by atoms with Gasteiger partial charge in [0.15, 0.2) is 0 Å². The van der Waals surface area contributed by atoms with Crippen molar-refractivity contribution in [3.63, 3.8) is 0 Å². The predicted molar refractivity (Wildman–Crippen MR) is 127 cm³/mol. The fourth-order valence-electron chi connectivity index (χ4n) is 3.69. The Balaban J connectivity index is 1.27. The van der Waals surface area contributed by atoms with Gasteiger partial charge >= 0.3 is 0 Å². The van der Waals surface area contributed by atoms with Gasteiger partial charge in [0.25, 0.3) is 15.9 Å². The summed E-state index contributed by atoms with van der Waals surface area (Å²) in [5.74, 6) is -0.949. The summed E-state index contributed by atoms with van der Waals surface area (Å²) >= 11 is 7.19. The molecule has 1 amide bonds. The van der Waals surface area contributed by atoms with Crippen LogP contribution in [0.1, 0.15) is 10.6 Å². The monoisotopic (exact) mass is 517 g/mol. The van der Waals surface area contributed by atoms with Gasteiger partial charge in [-0.15, -0.1) is 11.3 Å². The lowest BCUT2D eigenvalue weighted by atomic mass is 10.1. The van der Waals surface area contributed by atoms with Crippen LogP contribution in [0.3, 0.4) is 0 Å². The van der Waals surface area contributed by atoms with Gasteiger partial charge in [0.05, 0.1) is 6.20 Å². The zero-order valence-corrected chi connectivity index (χ0v) is 19.9. The third-order valence-corrected chi connectivity index (χ3v) is 9.19. The summed E-state index contributed by atoms with van der Waals surface area (Å²) < 4.78 is 42.6. The van der Waals surface area contributed by atoms with E-state index in [9.17, 15) is 17.6 Å². The number of rotatable bonds is 4. The number of piperazine rings is 1. The Bertz CT molecular complexity index is 1490. The highest BCUT2D eigenvalue weighted by molar-refractivity contribution is 7.91. The Morgan fingerprint density at radius 3 is 2.47 bits per heavy atom. The molecule has 0 aliphatic carbocycles. The molecule has 0 atom stereocenters. The largest absolute Gasteiger partial charge is 0.333 e. The highest BCUT2D eigenvalue weighted by atomic mass is 35.5. The number of hydrogen-bond donors (Lipinski definition) is 0. The lowest BCUT2D eigenvalue weighted by Gasteiger charge is -2.33. The SMILES string of the molecule is O=C(c1ncc(-c2ccncc2F)cn1)N1CCN(S(=O)(=O)c2cc3ccc(Cl)cc3s2)CC1. The summed E-state index contributed by atoms with van der Waals surface area (Å²) in [6.45, 7) is 0.727. The minimum absolute atomic E-state index is 0.0316. The van der Waals surface area contributed by atoms with E-state index in [4.69, 9.17) is 11.6 Å². The number of halogens is 2. The van der Waals surface area contributed by atoms with Crippen LogP contribution in [-0.2, 0) is 10.0 Å². The number of thiophene rings is 1. The molecule has 1 fully saturated rings. The molecule has 34 heavy (non-hydrogen) atoms. The molecular formula is C22H17ClFN5O3S2. The van der Waals surface area contributed by atoms with Gasteiger partial charge < -0.3 is 4.90 Å². The second kappa shape index (κ2) is 8.99. The van der Waals surface area contributed by atoms with Gasteiger partial charge in [-0.1, -0.05) is 17.7 Å². The molecule has 5 rings (SSSR count). The summed E-state index contributed by atoms with van der Waals surface area (Å²) in [4.78, 5) is 26.2. The molecule has 4 heterocycles. The summed E-state index contributed by atoms with van der Waals surface area (Å²) in [6.07, 6.45) is 5.31. The number of fused-ring (bicyclic) bond motifs is 1. The van der Waals surface area contributed by atoms with E-state index in [2.05, 4.69) is 15.0 Å². The molecule has 0 radical (unpaired) electrons. The van der Waals surface area contributed by atoms with Crippen LogP contribution in [0, 0.1) is 5.82 Å². The van der Waals surface area contributed by atoms with Crippen molar-refractivity contribution in [2.24, 2.45) is 0 Å². The Kier molecular flexibility index (Phi) is 6.02. The van der Waals surface area contributed by atoms with Gasteiger partial charge in [-0.05, 0) is 29.7 Å². The Morgan fingerprint density at radius 1 is 1.03 bits per heavy atom. The van der Waals surface area contributed by atoms with Crippen LogP contribution in [-0.4, -0.2) is 64.7 Å². The first-order chi connectivity index (χ1) is 16.3. The average Bonchev–Trinajstić information content (AvgIpc) is 3.28. The highest BCUT2D eigenvalue weighted by Crippen LogP contribution is 2.33. The molecule has 0 N–H and O–H groups in total. The minimum atomic E-state index is -3.69. The van der Waals surface area contributed by atoms with Crippen LogP contribution in [0.2, 0.25) is 5.02 Å². The fraction of sp³-hybridized carbons (Fsp3) is 0.182. The minimum Gasteiger partial charge on any atom is -0.333 e. The van der Waals surface area contributed by atoms with Gasteiger partial charge in [-0.2, -0.15) is 4.31 Å². The second-order valence-electron chi connectivity index (χ2n) is 7.59. The standard InChI is InChI=1S/C22H17ClFN5O3S2/c23-16-2-1-14-9-20(33-19(14)10-16)34(31,32)29-7-5-28(6-8-29)22(30)21-26-11-15(12-27-21)17-3-4-25-13-18(17)24/h1-4,9-13H,5-8H2. The molecule has 8 nitrogen and oxygen atoms in total. The molecule has 12 heteroatoms. The first-order valence-corrected chi connectivity index (χ1v) is 12.9. The summed E-state index contributed by atoms with van der Waals surface area (Å²) in [6, 6.07) is 8.40. The number of pyridine rings is 1. The number of sulfonamides is 1. The lowest BCUT2D eigenvalue weighted by molar-refractivity contribution is 0.0685. The van der Waals surface area contributed by atoms with Crippen LogP contribution in [0.25, 0.3) is 21.2 Å². The molecule has 1 saturated heterocycles. The van der Waals surface area contributed by atoms with Crippen LogP contribution in [0.4, 0.5) is 4.39 Å². The molecule has 3 aromatic heterocycles. The lowest BCUT2D eigenvalue weighted by Crippen LogP contribution is -2.50. The number of benzene rings is 1. The number of amides is 1. The molecule has 4 aromatic rings. The van der Waals surface area contributed by atoms with Crippen molar-refractivity contribution in [1.29, 1.82) is 0 Å². The highest BCUT2D eigenvalue weighted by Gasteiger charge is 2.32. The van der Waals surface area contributed by atoms with Crippen LogP contribution < -0.4 is 0 Å². The number of nitrogens with zero attached hydrogens (tertiary/aromatic N) is 5. The molecule has 1 aliphatic rings. The summed E-state index contributed by atoms with van der Waals surface area (Å²) in [5, 5.41) is 1.36. The summed E-state index contributed by atoms with van der Waals surface area (Å²) in [5.41, 5.74) is 0.716. The van der Waals surface area contributed by atoms with Crippen molar-refractivity contribution in [2.45, 2.75) is 4.21 Å². The molecular weight excluding hydrogens is 501 g/mol. The molecule has 1 aromatic carbocycles. The van der Waals surface area contributed by atoms with Gasteiger partial charge in [-0.25, -0.2) is 22.8 Å². The zero-order valence-electron chi connectivity index (χ0n) is 17.6. The van der Waals surface area contributed by atoms with E-state index in [1.54, 1.807) is 24.3 Å². The molecule has 1 aliphatic heterocycles. The van der Waals surface area contributed by atoms with Gasteiger partial charge in [0, 0.05) is 65.6 Å². The number of hydrogen-bond acceptors (Lipinski definition) is 7. The Labute approximate surface area is 203 Å². The molecule has 0 saturated carbocycles. The van der Waals surface area contributed by atoms with Crippen molar-refractivity contribution in [3.05, 3.63) is 71.8 Å². The number of aromatic nitrogens is 3. The molecule has 0 unspecified atom stereocenters. The average molecular weight is 518 g/mol. The van der Waals surface area contributed by atoms with Crippen molar-refractivity contribution >= 4 is 49.0 Å². The second-order valence-corrected chi connectivity index (χ2v) is 11.3. The van der Waals surface area contributed by atoms with E-state index in [0.29, 0.717) is 10.6 Å². The maximum absolute atomic E-state index is 13.9. The maximum Gasteiger partial charge on any atom is 0.291 e. The van der Waals surface area contributed by atoms with E-state index < -0.39 is 21.7 Å². The summed E-state index contributed by atoms with van der Waals surface area (Å²) in [7, 11) is -3.69. The van der Waals surface area contributed by atoms with Crippen molar-refractivity contribution < 1.29 is 17.6 Å². The van der Waals surface area contributed by atoms with E-state index in [1.165, 1.54) is 45.2 Å². The Morgan fingerprint density at radius 2 is 1.76 bits per heavy atom. The van der Waals surface area contributed by atoms with Crippen molar-refractivity contribution in [2.75, 3.05) is 26.2 Å². The van der Waals surface area contributed by atoms with Crippen LogP contribution in [0.5, 0.6) is 0 Å². The predicted octanol–water partition coefficient (Wildman–Crippen LogP) is 3.69. The van der Waals surface area contributed by atoms with E-state index in [0.717, 1.165) is 16.3 Å². The van der Waals surface area contributed by atoms with E-state index in [-0.39, 0.29) is 41.8 Å². The fourth-order valence-corrected chi connectivity index (χ4v) is 6.95. The topological polar surface area (TPSA) is 96.4 Å².